The summed E-state index contributed by atoms with van der Waals surface area (Å²) in [6.07, 6.45) is 15.9. The molecule has 2 amide bonds. The van der Waals surface area contributed by atoms with Crippen LogP contribution in [0.4, 0.5) is 0 Å². The maximum absolute atomic E-state index is 12.2. The molecule has 39 heavy (non-hydrogen) atoms. The van der Waals surface area contributed by atoms with E-state index < -0.39 is 11.9 Å². The van der Waals surface area contributed by atoms with Gasteiger partial charge in [0.1, 0.15) is 6.54 Å². The highest BCUT2D eigenvalue weighted by Gasteiger charge is 2.27. The van der Waals surface area contributed by atoms with Crippen LogP contribution in [0.2, 0.25) is 0 Å². The average Bonchev–Trinajstić information content (AvgIpc) is 2.93. The Hall–Kier alpha value is -3.75. The summed E-state index contributed by atoms with van der Waals surface area (Å²) in [6.45, 7) is 5.85. The zero-order valence-electron chi connectivity index (χ0n) is 23.8. The molecule has 0 bridgehead atoms. The standard InChI is InChI=1S/C31H42N2O6/c1-23(21-29(35)32-20-12-8-11-15-28(34)33-22-30(36)38-5)16-17-24(2)31(39-6)25(3)27(37-4)19-18-26-13-9-7-10-14-26/h7,9-21,24-25,27,31H,8,22H2,1-6H3,(H,32,35)(H,33,34)/b15-11-,17-16+,19-18+,20-12-,23-21+/t24-,25+,27-,31-/m0/s1. The lowest BCUT2D eigenvalue weighted by atomic mass is 9.88. The van der Waals surface area contributed by atoms with Gasteiger partial charge in [0.05, 0.1) is 19.3 Å². The number of rotatable bonds is 16. The van der Waals surface area contributed by atoms with Crippen molar-refractivity contribution in [3.8, 4) is 0 Å². The predicted octanol–water partition coefficient (Wildman–Crippen LogP) is 4.37. The van der Waals surface area contributed by atoms with Gasteiger partial charge in [-0.25, -0.2) is 0 Å². The van der Waals surface area contributed by atoms with E-state index in [4.69, 9.17) is 9.47 Å². The van der Waals surface area contributed by atoms with Crippen molar-refractivity contribution in [2.75, 3.05) is 27.9 Å². The Kier molecular flexibility index (Phi) is 16.5. The number of allylic oxidation sites excluding steroid dienone is 4. The molecule has 0 aliphatic rings. The van der Waals surface area contributed by atoms with E-state index in [0.717, 1.165) is 11.1 Å². The van der Waals surface area contributed by atoms with E-state index in [1.54, 1.807) is 26.4 Å². The molecule has 8 heteroatoms. The Morgan fingerprint density at radius 2 is 1.64 bits per heavy atom. The van der Waals surface area contributed by atoms with Gasteiger partial charge in [0.15, 0.2) is 0 Å². The van der Waals surface area contributed by atoms with Gasteiger partial charge in [-0.05, 0) is 30.6 Å². The fraction of sp³-hybridized carbons (Fsp3) is 0.387. The molecule has 0 fully saturated rings. The highest BCUT2D eigenvalue weighted by Crippen LogP contribution is 2.24. The highest BCUT2D eigenvalue weighted by molar-refractivity contribution is 5.90. The molecule has 0 aliphatic heterocycles. The summed E-state index contributed by atoms with van der Waals surface area (Å²) in [7, 11) is 4.65. The van der Waals surface area contributed by atoms with Crippen LogP contribution in [0.5, 0.6) is 0 Å². The first-order valence-electron chi connectivity index (χ1n) is 12.8. The number of amides is 2. The quantitative estimate of drug-likeness (QED) is 0.184. The van der Waals surface area contributed by atoms with E-state index in [0.29, 0.717) is 6.42 Å². The minimum Gasteiger partial charge on any atom is -0.468 e. The van der Waals surface area contributed by atoms with E-state index in [-0.39, 0.29) is 36.5 Å². The van der Waals surface area contributed by atoms with Crippen LogP contribution >= 0.6 is 0 Å². The molecule has 1 aromatic carbocycles. The van der Waals surface area contributed by atoms with Crippen LogP contribution in [0.1, 0.15) is 32.8 Å². The summed E-state index contributed by atoms with van der Waals surface area (Å²) in [5, 5.41) is 5.06. The van der Waals surface area contributed by atoms with E-state index in [1.807, 2.05) is 49.4 Å². The fourth-order valence-electron chi connectivity index (χ4n) is 3.80. The van der Waals surface area contributed by atoms with Crippen molar-refractivity contribution in [2.24, 2.45) is 11.8 Å². The number of hydrogen-bond acceptors (Lipinski definition) is 6. The monoisotopic (exact) mass is 538 g/mol. The molecule has 0 saturated heterocycles. The first kappa shape index (κ1) is 33.3. The van der Waals surface area contributed by atoms with Crippen LogP contribution in [0.3, 0.4) is 0 Å². The van der Waals surface area contributed by atoms with Gasteiger partial charge in [-0.2, -0.15) is 0 Å². The van der Waals surface area contributed by atoms with Gasteiger partial charge in [0.2, 0.25) is 11.8 Å². The summed E-state index contributed by atoms with van der Waals surface area (Å²) in [5.74, 6) is -1.01. The molecular formula is C31H42N2O6. The van der Waals surface area contributed by atoms with Gasteiger partial charge in [-0.1, -0.05) is 80.6 Å². The third-order valence-electron chi connectivity index (χ3n) is 5.92. The van der Waals surface area contributed by atoms with Gasteiger partial charge in [-0.3, -0.25) is 14.4 Å². The fourth-order valence-corrected chi connectivity index (χ4v) is 3.80. The molecular weight excluding hydrogens is 496 g/mol. The molecule has 4 atom stereocenters. The molecule has 0 aliphatic carbocycles. The summed E-state index contributed by atoms with van der Waals surface area (Å²) < 4.78 is 16.0. The number of methoxy groups -OCH3 is 3. The number of benzene rings is 1. The Balaban J connectivity index is 2.57. The molecule has 8 nitrogen and oxygen atoms in total. The van der Waals surface area contributed by atoms with Crippen molar-refractivity contribution in [1.82, 2.24) is 10.6 Å². The maximum atomic E-state index is 12.2. The molecule has 212 valence electrons. The Labute approximate surface area is 232 Å². The normalized spacial score (nSPS) is 15.5. The topological polar surface area (TPSA) is 103 Å². The molecule has 0 unspecified atom stereocenters. The number of carbonyl (C=O) groups excluding carboxylic acids is 3. The summed E-state index contributed by atoms with van der Waals surface area (Å²) in [4.78, 5) is 34.7. The lowest BCUT2D eigenvalue weighted by Gasteiger charge is -2.30. The van der Waals surface area contributed by atoms with Crippen molar-refractivity contribution in [1.29, 1.82) is 0 Å². The van der Waals surface area contributed by atoms with Crippen LogP contribution in [0, 0.1) is 11.8 Å². The molecule has 0 saturated carbocycles. The minimum atomic E-state index is -0.522. The third-order valence-corrected chi connectivity index (χ3v) is 5.92. The lowest BCUT2D eigenvalue weighted by molar-refractivity contribution is -0.140. The summed E-state index contributed by atoms with van der Waals surface area (Å²) >= 11 is 0. The number of carbonyl (C=O) groups is 3. The van der Waals surface area contributed by atoms with Crippen LogP contribution in [-0.4, -0.2) is 57.9 Å². The van der Waals surface area contributed by atoms with Crippen LogP contribution < -0.4 is 10.6 Å². The first-order valence-corrected chi connectivity index (χ1v) is 12.8. The molecule has 2 N–H and O–H groups in total. The maximum Gasteiger partial charge on any atom is 0.325 e. The second kappa shape index (κ2) is 19.3. The molecule has 0 radical (unpaired) electrons. The molecule has 0 heterocycles. The van der Waals surface area contributed by atoms with Crippen molar-refractivity contribution in [2.45, 2.75) is 39.4 Å². The first-order chi connectivity index (χ1) is 18.7. The summed E-state index contributed by atoms with van der Waals surface area (Å²) in [5.41, 5.74) is 1.91. The van der Waals surface area contributed by atoms with Crippen molar-refractivity contribution >= 4 is 23.9 Å². The SMILES string of the molecule is COC(=O)CNC(=O)/C=C\C/C=C\NC(=O)/C=C(C)/C=C/[C@H](C)[C@H](OC)[C@H](C)[C@H](/C=C/c1ccccc1)OC. The van der Waals surface area contributed by atoms with Gasteiger partial charge in [0.25, 0.3) is 0 Å². The lowest BCUT2D eigenvalue weighted by Crippen LogP contribution is -2.35. The zero-order valence-corrected chi connectivity index (χ0v) is 23.8. The van der Waals surface area contributed by atoms with Crippen LogP contribution in [0.25, 0.3) is 6.08 Å². The summed E-state index contributed by atoms with van der Waals surface area (Å²) in [6, 6.07) is 10.1. The van der Waals surface area contributed by atoms with Crippen molar-refractivity contribution in [3.63, 3.8) is 0 Å². The van der Waals surface area contributed by atoms with E-state index in [2.05, 4.69) is 41.4 Å². The van der Waals surface area contributed by atoms with Crippen LogP contribution in [0.15, 0.2) is 84.6 Å². The van der Waals surface area contributed by atoms with Crippen molar-refractivity contribution in [3.05, 3.63) is 90.2 Å². The minimum absolute atomic E-state index is 0.0793. The van der Waals surface area contributed by atoms with E-state index >= 15 is 0 Å². The zero-order chi connectivity index (χ0) is 29.0. The second-order valence-corrected chi connectivity index (χ2v) is 8.98. The Morgan fingerprint density at radius 3 is 2.28 bits per heavy atom. The van der Waals surface area contributed by atoms with Gasteiger partial charge in [0, 0.05) is 38.3 Å². The third kappa shape index (κ3) is 14.1. The number of ether oxygens (including phenoxy) is 3. The van der Waals surface area contributed by atoms with E-state index in [9.17, 15) is 14.4 Å². The Morgan fingerprint density at radius 1 is 0.923 bits per heavy atom. The Bertz CT molecular complexity index is 1040. The number of hydrogen-bond donors (Lipinski definition) is 2. The van der Waals surface area contributed by atoms with Gasteiger partial charge in [-0.15, -0.1) is 0 Å². The van der Waals surface area contributed by atoms with E-state index in [1.165, 1.54) is 25.5 Å². The molecule has 1 aromatic rings. The average molecular weight is 539 g/mol. The molecule has 0 aromatic heterocycles. The van der Waals surface area contributed by atoms with Gasteiger partial charge >= 0.3 is 5.97 Å². The smallest absolute Gasteiger partial charge is 0.325 e. The van der Waals surface area contributed by atoms with Crippen LogP contribution in [-0.2, 0) is 28.6 Å². The van der Waals surface area contributed by atoms with Gasteiger partial charge < -0.3 is 24.8 Å². The number of nitrogens with one attached hydrogen (secondary N) is 2. The molecule has 1 rings (SSSR count). The number of esters is 1. The second-order valence-electron chi connectivity index (χ2n) is 8.98. The predicted molar refractivity (Wildman–Crippen MR) is 154 cm³/mol. The molecule has 0 spiro atoms. The van der Waals surface area contributed by atoms with Crippen molar-refractivity contribution < 1.29 is 28.6 Å². The highest BCUT2D eigenvalue weighted by atomic mass is 16.5. The largest absolute Gasteiger partial charge is 0.468 e.